The van der Waals surface area contributed by atoms with Crippen LogP contribution in [-0.2, 0) is 11.3 Å². The molecule has 0 aliphatic carbocycles. The van der Waals surface area contributed by atoms with Crippen molar-refractivity contribution < 1.29 is 14.0 Å². The Morgan fingerprint density at radius 3 is 2.43 bits per heavy atom. The molecule has 0 fully saturated rings. The van der Waals surface area contributed by atoms with Gasteiger partial charge in [0.2, 0.25) is 11.1 Å². The van der Waals surface area contributed by atoms with Gasteiger partial charge < -0.3 is 15.1 Å². The largest absolute Gasteiger partial charge is 0.452 e. The Kier molecular flexibility index (Phi) is 5.03. The Labute approximate surface area is 134 Å². The molecule has 2 N–H and O–H groups in total. The molecule has 2 aromatic rings. The minimum absolute atomic E-state index is 0.00900. The zero-order valence-electron chi connectivity index (χ0n) is 10.9. The van der Waals surface area contributed by atoms with Crippen LogP contribution in [0.25, 0.3) is 0 Å². The highest BCUT2D eigenvalue weighted by atomic mass is 79.9. The van der Waals surface area contributed by atoms with Crippen molar-refractivity contribution in [3.05, 3.63) is 57.4 Å². The smallest absolute Gasteiger partial charge is 0.259 e. The number of benzene rings is 1. The highest BCUT2D eigenvalue weighted by Gasteiger charge is 2.22. The van der Waals surface area contributed by atoms with E-state index in [0.29, 0.717) is 0 Å². The van der Waals surface area contributed by atoms with Gasteiger partial charge >= 0.3 is 0 Å². The summed E-state index contributed by atoms with van der Waals surface area (Å²) in [5, 5.41) is -0.00900. The Hall–Kier alpha value is -1.79. The van der Waals surface area contributed by atoms with E-state index in [9.17, 15) is 9.59 Å². The molecule has 0 radical (unpaired) electrons. The average Bonchev–Trinajstić information content (AvgIpc) is 2.85. The highest BCUT2D eigenvalue weighted by Crippen LogP contribution is 2.20. The number of hydrogen-bond acceptors (Lipinski definition) is 3. The van der Waals surface area contributed by atoms with E-state index in [-0.39, 0.29) is 23.9 Å². The fourth-order valence-corrected chi connectivity index (χ4v) is 2.27. The molecule has 0 saturated carbocycles. The van der Waals surface area contributed by atoms with Crippen LogP contribution in [0.5, 0.6) is 0 Å². The van der Waals surface area contributed by atoms with Crippen LogP contribution in [0.3, 0.4) is 0 Å². The number of furan rings is 1. The maximum Gasteiger partial charge on any atom is 0.259 e. The molecule has 0 spiro atoms. The average molecular weight is 372 g/mol. The number of nitrogens with zero attached hydrogens (tertiary/aromatic N) is 1. The molecule has 5 nitrogen and oxygen atoms in total. The third-order valence-electron chi connectivity index (χ3n) is 2.77. The predicted molar refractivity (Wildman–Crippen MR) is 81.8 cm³/mol. The molecular weight excluding hydrogens is 360 g/mol. The van der Waals surface area contributed by atoms with Crippen LogP contribution < -0.4 is 5.73 Å². The lowest BCUT2D eigenvalue weighted by Gasteiger charge is -2.20. The van der Waals surface area contributed by atoms with E-state index in [1.54, 1.807) is 0 Å². The normalized spacial score (nSPS) is 10.4. The monoisotopic (exact) mass is 370 g/mol. The molecular formula is C14H12BrClN2O3. The summed E-state index contributed by atoms with van der Waals surface area (Å²) in [6, 6.07) is 8.87. The Balaban J connectivity index is 2.22. The summed E-state index contributed by atoms with van der Waals surface area (Å²) in [6.07, 6.45) is 1.32. The van der Waals surface area contributed by atoms with Gasteiger partial charge in [-0.15, -0.1) is 0 Å². The van der Waals surface area contributed by atoms with E-state index in [4.69, 9.17) is 21.8 Å². The van der Waals surface area contributed by atoms with Gasteiger partial charge in [-0.3, -0.25) is 9.59 Å². The molecule has 2 amide bonds. The number of nitrogens with two attached hydrogens (primary N) is 1. The number of carbonyl (C=O) groups is 2. The molecule has 0 aliphatic rings. The molecule has 7 heteroatoms. The predicted octanol–water partition coefficient (Wildman–Crippen LogP) is 2.82. The molecule has 21 heavy (non-hydrogen) atoms. The fourth-order valence-electron chi connectivity index (χ4n) is 1.81. The number of primary amides is 1. The van der Waals surface area contributed by atoms with Crippen molar-refractivity contribution in [2.75, 3.05) is 6.54 Å². The zero-order chi connectivity index (χ0) is 15.4. The summed E-state index contributed by atoms with van der Waals surface area (Å²) in [5.41, 5.74) is 6.28. The van der Waals surface area contributed by atoms with Crippen molar-refractivity contribution in [2.24, 2.45) is 5.73 Å². The van der Waals surface area contributed by atoms with E-state index in [0.717, 1.165) is 10.0 Å². The van der Waals surface area contributed by atoms with Crippen LogP contribution in [0.4, 0.5) is 0 Å². The van der Waals surface area contributed by atoms with Crippen molar-refractivity contribution in [3.63, 3.8) is 0 Å². The van der Waals surface area contributed by atoms with Gasteiger partial charge in [-0.05, 0) is 35.4 Å². The number of amides is 2. The molecule has 0 atom stereocenters. The first-order valence-electron chi connectivity index (χ1n) is 6.02. The molecule has 0 bridgehead atoms. The number of hydrogen-bond donors (Lipinski definition) is 1. The van der Waals surface area contributed by atoms with Crippen LogP contribution in [0, 0.1) is 0 Å². The van der Waals surface area contributed by atoms with E-state index < -0.39 is 11.8 Å². The molecule has 1 aromatic heterocycles. The first kappa shape index (κ1) is 15.6. The molecule has 1 heterocycles. The zero-order valence-corrected chi connectivity index (χ0v) is 13.2. The number of carbonyl (C=O) groups excluding carboxylic acids is 2. The van der Waals surface area contributed by atoms with Crippen LogP contribution in [0.2, 0.25) is 5.22 Å². The summed E-state index contributed by atoms with van der Waals surface area (Å²) in [4.78, 5) is 24.9. The second kappa shape index (κ2) is 6.78. The standard InChI is InChI=1S/C14H12BrClN2O3/c15-10-3-1-9(2-4-10)7-18(8-12(17)19)14(20)11-5-6-21-13(11)16/h1-6H,7-8H2,(H2,17,19). The molecule has 0 unspecified atom stereocenters. The minimum Gasteiger partial charge on any atom is -0.452 e. The third kappa shape index (κ3) is 4.09. The number of rotatable bonds is 5. The lowest BCUT2D eigenvalue weighted by molar-refractivity contribution is -0.118. The van der Waals surface area contributed by atoms with Crippen molar-refractivity contribution in [2.45, 2.75) is 6.54 Å². The lowest BCUT2D eigenvalue weighted by atomic mass is 10.2. The van der Waals surface area contributed by atoms with E-state index in [1.807, 2.05) is 24.3 Å². The Bertz CT molecular complexity index is 654. The van der Waals surface area contributed by atoms with E-state index in [1.165, 1.54) is 17.2 Å². The maximum absolute atomic E-state index is 12.4. The molecule has 110 valence electrons. The topological polar surface area (TPSA) is 76.5 Å². The van der Waals surface area contributed by atoms with Gasteiger partial charge in [0.25, 0.3) is 5.91 Å². The van der Waals surface area contributed by atoms with Gasteiger partial charge in [-0.1, -0.05) is 28.1 Å². The minimum atomic E-state index is -0.597. The fraction of sp³-hybridized carbons (Fsp3) is 0.143. The van der Waals surface area contributed by atoms with E-state index >= 15 is 0 Å². The summed E-state index contributed by atoms with van der Waals surface area (Å²) in [7, 11) is 0. The quantitative estimate of drug-likeness (QED) is 0.878. The molecule has 2 rings (SSSR count). The van der Waals surface area contributed by atoms with Gasteiger partial charge in [-0.25, -0.2) is 0 Å². The lowest BCUT2D eigenvalue weighted by Crippen LogP contribution is -2.38. The molecule has 1 aromatic carbocycles. The van der Waals surface area contributed by atoms with Crippen molar-refractivity contribution in [1.29, 1.82) is 0 Å². The van der Waals surface area contributed by atoms with Gasteiger partial charge in [0.15, 0.2) is 0 Å². The summed E-state index contributed by atoms with van der Waals surface area (Å²) in [6.45, 7) is 0.0486. The van der Waals surface area contributed by atoms with Gasteiger partial charge in [0.1, 0.15) is 0 Å². The summed E-state index contributed by atoms with van der Waals surface area (Å²) in [5.74, 6) is -1.00. The first-order chi connectivity index (χ1) is 9.97. The van der Waals surface area contributed by atoms with Gasteiger partial charge in [-0.2, -0.15) is 0 Å². The van der Waals surface area contributed by atoms with Crippen LogP contribution in [0.1, 0.15) is 15.9 Å². The van der Waals surface area contributed by atoms with Crippen molar-refractivity contribution >= 4 is 39.3 Å². The SMILES string of the molecule is NC(=O)CN(Cc1ccc(Br)cc1)C(=O)c1ccoc1Cl. The Morgan fingerprint density at radius 2 is 1.90 bits per heavy atom. The highest BCUT2D eigenvalue weighted by molar-refractivity contribution is 9.10. The number of halogens is 2. The van der Waals surface area contributed by atoms with Crippen LogP contribution >= 0.6 is 27.5 Å². The summed E-state index contributed by atoms with van der Waals surface area (Å²) < 4.78 is 5.83. The third-order valence-corrected chi connectivity index (χ3v) is 3.59. The summed E-state index contributed by atoms with van der Waals surface area (Å²) >= 11 is 9.14. The second-order valence-corrected chi connectivity index (χ2v) is 5.62. The van der Waals surface area contributed by atoms with Gasteiger partial charge in [0, 0.05) is 11.0 Å². The molecule has 0 aliphatic heterocycles. The van der Waals surface area contributed by atoms with E-state index in [2.05, 4.69) is 15.9 Å². The van der Waals surface area contributed by atoms with Gasteiger partial charge in [0.05, 0.1) is 18.4 Å². The first-order valence-corrected chi connectivity index (χ1v) is 7.19. The Morgan fingerprint density at radius 1 is 1.24 bits per heavy atom. The maximum atomic E-state index is 12.4. The van der Waals surface area contributed by atoms with Crippen molar-refractivity contribution in [1.82, 2.24) is 4.90 Å². The van der Waals surface area contributed by atoms with Crippen LogP contribution in [0.15, 0.2) is 45.5 Å². The van der Waals surface area contributed by atoms with Crippen LogP contribution in [-0.4, -0.2) is 23.3 Å². The second-order valence-electron chi connectivity index (χ2n) is 4.36. The van der Waals surface area contributed by atoms with Crippen molar-refractivity contribution in [3.8, 4) is 0 Å². The molecule has 0 saturated heterocycles.